The van der Waals surface area contributed by atoms with Crippen molar-refractivity contribution < 1.29 is 14.3 Å². The summed E-state index contributed by atoms with van der Waals surface area (Å²) in [7, 11) is 0. The van der Waals surface area contributed by atoms with Crippen molar-refractivity contribution in [2.24, 2.45) is 5.10 Å². The summed E-state index contributed by atoms with van der Waals surface area (Å²) in [4.78, 5) is 15.7. The Hall–Kier alpha value is -3.65. The van der Waals surface area contributed by atoms with Crippen molar-refractivity contribution >= 4 is 44.1 Å². The Kier molecular flexibility index (Phi) is 4.54. The number of carbonyl (C=O) groups is 1. The topological polar surface area (TPSA) is 114 Å². The smallest absolute Gasteiger partial charge is 0.337 e. The summed E-state index contributed by atoms with van der Waals surface area (Å²) in [6.07, 6.45) is 0. The molecule has 0 aliphatic carbocycles. The zero-order chi connectivity index (χ0) is 19.7. The molecule has 2 heterocycles. The van der Waals surface area contributed by atoms with Crippen molar-refractivity contribution in [3.8, 4) is 11.3 Å². The second-order valence-corrected chi connectivity index (χ2v) is 7.10. The quantitative estimate of drug-likeness (QED) is 0.258. The first-order chi connectivity index (χ1) is 13.5. The Bertz CT molecular complexity index is 1180. The number of hydrogen-bond acceptors (Lipinski definition) is 7. The molecule has 0 aliphatic heterocycles. The van der Waals surface area contributed by atoms with Crippen molar-refractivity contribution in [3.05, 3.63) is 65.9 Å². The first kappa shape index (κ1) is 17.7. The number of thiazole rings is 1. The zero-order valence-electron chi connectivity index (χ0n) is 14.8. The molecule has 28 heavy (non-hydrogen) atoms. The van der Waals surface area contributed by atoms with E-state index in [1.54, 1.807) is 24.3 Å². The van der Waals surface area contributed by atoms with Crippen LogP contribution in [0.3, 0.4) is 0 Å². The lowest BCUT2D eigenvalue weighted by atomic mass is 10.1. The van der Waals surface area contributed by atoms with E-state index in [1.807, 2.05) is 31.2 Å². The van der Waals surface area contributed by atoms with E-state index >= 15 is 0 Å². The number of nitrogens with zero attached hydrogens (tertiary/aromatic N) is 2. The number of nitrogens with one attached hydrogen (secondary N) is 1. The maximum Gasteiger partial charge on any atom is 0.337 e. The summed E-state index contributed by atoms with van der Waals surface area (Å²) in [5.41, 5.74) is 11.1. The number of benzene rings is 2. The average molecular weight is 392 g/mol. The first-order valence-electron chi connectivity index (χ1n) is 8.40. The minimum absolute atomic E-state index is 0.0401. The summed E-state index contributed by atoms with van der Waals surface area (Å²) in [5, 5.41) is 14.2. The van der Waals surface area contributed by atoms with Crippen molar-refractivity contribution in [1.82, 2.24) is 4.98 Å². The maximum absolute atomic E-state index is 11.3. The highest BCUT2D eigenvalue weighted by Crippen LogP contribution is 2.27. The molecular weight excluding hydrogens is 376 g/mol. The van der Waals surface area contributed by atoms with E-state index in [-0.39, 0.29) is 11.3 Å². The van der Waals surface area contributed by atoms with Gasteiger partial charge in [-0.3, -0.25) is 5.43 Å². The highest BCUT2D eigenvalue weighted by atomic mass is 32.1. The van der Waals surface area contributed by atoms with Gasteiger partial charge in [0.2, 0.25) is 5.13 Å². The van der Waals surface area contributed by atoms with Crippen molar-refractivity contribution in [2.45, 2.75) is 6.92 Å². The molecule has 7 nitrogen and oxygen atoms in total. The van der Waals surface area contributed by atoms with Gasteiger partial charge in [-0.05, 0) is 49.4 Å². The van der Waals surface area contributed by atoms with Gasteiger partial charge in [0, 0.05) is 11.3 Å². The van der Waals surface area contributed by atoms with Crippen LogP contribution in [0.5, 0.6) is 0 Å². The number of rotatable bonds is 5. The Morgan fingerprint density at radius 3 is 2.82 bits per heavy atom. The van der Waals surface area contributed by atoms with E-state index < -0.39 is 5.97 Å². The lowest BCUT2D eigenvalue weighted by Gasteiger charge is -2.03. The van der Waals surface area contributed by atoms with E-state index in [0.29, 0.717) is 27.9 Å². The van der Waals surface area contributed by atoms with Gasteiger partial charge in [0.05, 0.1) is 15.8 Å². The van der Waals surface area contributed by atoms with Gasteiger partial charge in [-0.25, -0.2) is 9.78 Å². The predicted octanol–water partition coefficient (Wildman–Crippen LogP) is 4.67. The standard InChI is InChI=1S/C20H16N4O3S/c1-11(23-24-20-22-15-4-2-3-5-18(15)28-20)16-8-9-17(27-16)12-6-7-14(21)13(10-12)19(25)26/h2-10H,21H2,1H3,(H,22,24)(H,25,26). The fourth-order valence-electron chi connectivity index (χ4n) is 2.69. The van der Waals surface area contributed by atoms with Gasteiger partial charge in [0.15, 0.2) is 5.76 Å². The maximum atomic E-state index is 11.3. The number of nitrogen functional groups attached to an aromatic ring is 1. The van der Waals surface area contributed by atoms with E-state index in [2.05, 4.69) is 15.5 Å². The molecule has 8 heteroatoms. The van der Waals surface area contributed by atoms with Crippen LogP contribution in [0.1, 0.15) is 23.0 Å². The molecule has 4 rings (SSSR count). The number of aromatic nitrogens is 1. The molecule has 0 bridgehead atoms. The average Bonchev–Trinajstić information content (AvgIpc) is 3.33. The predicted molar refractivity (Wildman–Crippen MR) is 111 cm³/mol. The number of nitrogens with two attached hydrogens (primary N) is 1. The van der Waals surface area contributed by atoms with Crippen LogP contribution < -0.4 is 11.2 Å². The van der Waals surface area contributed by atoms with Crippen LogP contribution in [0.25, 0.3) is 21.5 Å². The van der Waals surface area contributed by atoms with E-state index in [4.69, 9.17) is 10.2 Å². The Labute approximate surface area is 164 Å². The lowest BCUT2D eigenvalue weighted by molar-refractivity contribution is 0.0698. The monoisotopic (exact) mass is 392 g/mol. The second kappa shape index (κ2) is 7.16. The van der Waals surface area contributed by atoms with Gasteiger partial charge in [0.1, 0.15) is 11.5 Å². The third-order valence-electron chi connectivity index (χ3n) is 4.14. The van der Waals surface area contributed by atoms with Crippen molar-refractivity contribution in [1.29, 1.82) is 0 Å². The van der Waals surface area contributed by atoms with E-state index in [0.717, 1.165) is 10.2 Å². The van der Waals surface area contributed by atoms with Gasteiger partial charge >= 0.3 is 5.97 Å². The third-order valence-corrected chi connectivity index (χ3v) is 5.09. The van der Waals surface area contributed by atoms with Crippen LogP contribution in [0.4, 0.5) is 10.8 Å². The number of carboxylic acids is 1. The number of furan rings is 1. The van der Waals surface area contributed by atoms with Crippen molar-refractivity contribution in [2.75, 3.05) is 11.2 Å². The van der Waals surface area contributed by atoms with Gasteiger partial charge in [0.25, 0.3) is 0 Å². The molecule has 0 spiro atoms. The van der Waals surface area contributed by atoms with Crippen LogP contribution in [0, 0.1) is 0 Å². The Morgan fingerprint density at radius 2 is 2.04 bits per heavy atom. The highest BCUT2D eigenvalue weighted by Gasteiger charge is 2.13. The van der Waals surface area contributed by atoms with Gasteiger partial charge < -0.3 is 15.3 Å². The molecule has 4 N–H and O–H groups in total. The molecule has 2 aromatic carbocycles. The molecular formula is C20H16N4O3S. The minimum atomic E-state index is -1.08. The summed E-state index contributed by atoms with van der Waals surface area (Å²) < 4.78 is 6.91. The minimum Gasteiger partial charge on any atom is -0.478 e. The van der Waals surface area contributed by atoms with Crippen LogP contribution in [0.2, 0.25) is 0 Å². The van der Waals surface area contributed by atoms with E-state index in [1.165, 1.54) is 17.4 Å². The fourth-order valence-corrected chi connectivity index (χ4v) is 3.50. The first-order valence-corrected chi connectivity index (χ1v) is 9.22. The molecule has 0 saturated carbocycles. The summed E-state index contributed by atoms with van der Waals surface area (Å²) in [6, 6.07) is 16.2. The Morgan fingerprint density at radius 1 is 1.21 bits per heavy atom. The van der Waals surface area contributed by atoms with Crippen LogP contribution >= 0.6 is 11.3 Å². The van der Waals surface area contributed by atoms with E-state index in [9.17, 15) is 9.90 Å². The molecule has 2 aromatic heterocycles. The van der Waals surface area contributed by atoms with Crippen LogP contribution in [-0.4, -0.2) is 21.8 Å². The van der Waals surface area contributed by atoms with Crippen LogP contribution in [0.15, 0.2) is 64.1 Å². The number of anilines is 2. The van der Waals surface area contributed by atoms with Gasteiger partial charge in [-0.2, -0.15) is 5.10 Å². The molecule has 140 valence electrons. The number of fused-ring (bicyclic) bond motifs is 1. The molecule has 0 aliphatic rings. The van der Waals surface area contributed by atoms with Crippen molar-refractivity contribution in [3.63, 3.8) is 0 Å². The summed E-state index contributed by atoms with van der Waals surface area (Å²) >= 11 is 1.51. The SMILES string of the molecule is CC(=NNc1nc2ccccc2s1)c1ccc(-c2ccc(N)c(C(=O)O)c2)o1. The van der Waals surface area contributed by atoms with Crippen LogP contribution in [-0.2, 0) is 0 Å². The number of hydrazone groups is 1. The molecule has 4 aromatic rings. The molecule has 0 amide bonds. The second-order valence-electron chi connectivity index (χ2n) is 6.07. The summed E-state index contributed by atoms with van der Waals surface area (Å²) in [6.45, 7) is 1.81. The molecule has 0 unspecified atom stereocenters. The number of aromatic carboxylic acids is 1. The largest absolute Gasteiger partial charge is 0.478 e. The van der Waals surface area contributed by atoms with Gasteiger partial charge in [-0.1, -0.05) is 23.5 Å². The lowest BCUT2D eigenvalue weighted by Crippen LogP contribution is -2.02. The number of para-hydroxylation sites is 1. The molecule has 0 fully saturated rings. The normalized spacial score (nSPS) is 11.7. The zero-order valence-corrected chi connectivity index (χ0v) is 15.7. The number of hydrogen-bond donors (Lipinski definition) is 3. The van der Waals surface area contributed by atoms with Gasteiger partial charge in [-0.15, -0.1) is 0 Å². The number of carboxylic acid groups (broad SMARTS) is 1. The fraction of sp³-hybridized carbons (Fsp3) is 0.0500. The molecule has 0 radical (unpaired) electrons. The molecule has 0 saturated heterocycles. The molecule has 0 atom stereocenters. The highest BCUT2D eigenvalue weighted by molar-refractivity contribution is 7.22. The summed E-state index contributed by atoms with van der Waals surface area (Å²) in [5.74, 6) is 0.0215. The third kappa shape index (κ3) is 3.45. The Balaban J connectivity index is 1.55.